The molecular formula is C11H22OS. The number of methoxy groups -OCH3 is 1. The average molecular weight is 202 g/mol. The van der Waals surface area contributed by atoms with Crippen molar-refractivity contribution in [3.05, 3.63) is 0 Å². The van der Waals surface area contributed by atoms with Crippen LogP contribution in [0.3, 0.4) is 0 Å². The zero-order valence-electron chi connectivity index (χ0n) is 8.92. The van der Waals surface area contributed by atoms with Gasteiger partial charge in [0.05, 0.1) is 6.10 Å². The summed E-state index contributed by atoms with van der Waals surface area (Å²) < 4.78 is 5.36. The molecule has 0 N–H and O–H groups in total. The van der Waals surface area contributed by atoms with E-state index in [0.29, 0.717) is 6.10 Å². The summed E-state index contributed by atoms with van der Waals surface area (Å²) in [4.78, 5) is 0. The monoisotopic (exact) mass is 202 g/mol. The molecule has 0 aromatic heterocycles. The Morgan fingerprint density at radius 2 is 1.92 bits per heavy atom. The molecule has 0 amide bonds. The number of hydrogen-bond acceptors (Lipinski definition) is 2. The van der Waals surface area contributed by atoms with Gasteiger partial charge in [0.1, 0.15) is 0 Å². The minimum atomic E-state index is 0.558. The molecular weight excluding hydrogens is 180 g/mol. The molecule has 1 fully saturated rings. The highest BCUT2D eigenvalue weighted by Crippen LogP contribution is 2.30. The van der Waals surface area contributed by atoms with E-state index in [1.54, 1.807) is 0 Å². The molecule has 1 aliphatic carbocycles. The van der Waals surface area contributed by atoms with Crippen molar-refractivity contribution in [3.8, 4) is 0 Å². The molecule has 0 aromatic carbocycles. The third-order valence-corrected chi connectivity index (χ3v) is 4.27. The topological polar surface area (TPSA) is 9.23 Å². The Bertz CT molecular complexity index is 117. The number of thioether (sulfide) groups is 1. The molecule has 0 bridgehead atoms. The lowest BCUT2D eigenvalue weighted by atomic mass is 9.97. The fourth-order valence-electron chi connectivity index (χ4n) is 1.83. The van der Waals surface area contributed by atoms with Crippen LogP contribution in [0.15, 0.2) is 0 Å². The number of ether oxygens (including phenoxy) is 1. The van der Waals surface area contributed by atoms with Gasteiger partial charge in [-0.05, 0) is 37.9 Å². The van der Waals surface area contributed by atoms with Gasteiger partial charge in [-0.15, -0.1) is 0 Å². The number of unbranched alkanes of at least 4 members (excludes halogenated alkanes) is 1. The fraction of sp³-hybridized carbons (Fsp3) is 1.00. The highest BCUT2D eigenvalue weighted by Gasteiger charge is 2.20. The van der Waals surface area contributed by atoms with Crippen molar-refractivity contribution < 1.29 is 4.74 Å². The second kappa shape index (κ2) is 6.72. The Hall–Kier alpha value is 0.310. The van der Waals surface area contributed by atoms with E-state index in [1.807, 2.05) is 7.11 Å². The maximum absolute atomic E-state index is 5.36. The SMILES string of the molecule is CCCCSC1CCC(OC)CC1. The van der Waals surface area contributed by atoms with Gasteiger partial charge in [-0.25, -0.2) is 0 Å². The van der Waals surface area contributed by atoms with Crippen LogP contribution in [-0.4, -0.2) is 24.2 Å². The molecule has 0 aromatic rings. The summed E-state index contributed by atoms with van der Waals surface area (Å²) in [5, 5.41) is 0.929. The highest BCUT2D eigenvalue weighted by molar-refractivity contribution is 7.99. The largest absolute Gasteiger partial charge is 0.381 e. The smallest absolute Gasteiger partial charge is 0.0572 e. The third-order valence-electron chi connectivity index (χ3n) is 2.81. The van der Waals surface area contributed by atoms with E-state index < -0.39 is 0 Å². The van der Waals surface area contributed by atoms with Gasteiger partial charge in [0.25, 0.3) is 0 Å². The molecule has 0 aliphatic heterocycles. The van der Waals surface area contributed by atoms with E-state index in [9.17, 15) is 0 Å². The van der Waals surface area contributed by atoms with Gasteiger partial charge in [0.2, 0.25) is 0 Å². The standard InChI is InChI=1S/C11H22OS/c1-3-4-9-13-11-7-5-10(12-2)6-8-11/h10-11H,3-9H2,1-2H3. The average Bonchev–Trinajstić information content (AvgIpc) is 2.19. The minimum absolute atomic E-state index is 0.558. The van der Waals surface area contributed by atoms with Crippen LogP contribution in [0.5, 0.6) is 0 Å². The van der Waals surface area contributed by atoms with E-state index in [-0.39, 0.29) is 0 Å². The van der Waals surface area contributed by atoms with Crippen molar-refractivity contribution in [2.24, 2.45) is 0 Å². The summed E-state index contributed by atoms with van der Waals surface area (Å²) in [6.45, 7) is 2.27. The first-order valence-corrected chi connectivity index (χ1v) is 6.56. The predicted octanol–water partition coefficient (Wildman–Crippen LogP) is 3.48. The maximum Gasteiger partial charge on any atom is 0.0572 e. The first-order chi connectivity index (χ1) is 6.36. The van der Waals surface area contributed by atoms with Gasteiger partial charge in [0.15, 0.2) is 0 Å². The van der Waals surface area contributed by atoms with Crippen LogP contribution in [0, 0.1) is 0 Å². The second-order valence-electron chi connectivity index (χ2n) is 3.86. The van der Waals surface area contributed by atoms with E-state index in [4.69, 9.17) is 4.74 Å². The molecule has 1 aliphatic rings. The summed E-state index contributed by atoms with van der Waals surface area (Å²) in [5.41, 5.74) is 0. The second-order valence-corrected chi connectivity index (χ2v) is 5.27. The zero-order chi connectivity index (χ0) is 9.52. The van der Waals surface area contributed by atoms with Gasteiger partial charge in [0, 0.05) is 12.4 Å². The van der Waals surface area contributed by atoms with Crippen LogP contribution in [-0.2, 0) is 4.74 Å². The Morgan fingerprint density at radius 1 is 1.23 bits per heavy atom. The third kappa shape index (κ3) is 4.37. The van der Waals surface area contributed by atoms with Crippen LogP contribution in [0.1, 0.15) is 45.4 Å². The molecule has 78 valence electrons. The van der Waals surface area contributed by atoms with Gasteiger partial charge in [-0.1, -0.05) is 13.3 Å². The van der Waals surface area contributed by atoms with E-state index in [0.717, 1.165) is 5.25 Å². The van der Waals surface area contributed by atoms with Crippen molar-refractivity contribution in [2.45, 2.75) is 56.8 Å². The molecule has 0 unspecified atom stereocenters. The van der Waals surface area contributed by atoms with Gasteiger partial charge in [-0.3, -0.25) is 0 Å². The summed E-state index contributed by atoms with van der Waals surface area (Å²) in [7, 11) is 1.84. The molecule has 2 heteroatoms. The lowest BCUT2D eigenvalue weighted by Gasteiger charge is -2.27. The molecule has 0 heterocycles. The van der Waals surface area contributed by atoms with E-state index in [2.05, 4.69) is 18.7 Å². The summed E-state index contributed by atoms with van der Waals surface area (Å²) in [5.74, 6) is 1.36. The van der Waals surface area contributed by atoms with Crippen molar-refractivity contribution in [1.82, 2.24) is 0 Å². The van der Waals surface area contributed by atoms with Crippen LogP contribution < -0.4 is 0 Å². The van der Waals surface area contributed by atoms with Crippen molar-refractivity contribution >= 4 is 11.8 Å². The first-order valence-electron chi connectivity index (χ1n) is 5.51. The molecule has 0 spiro atoms. The number of hydrogen-bond donors (Lipinski definition) is 0. The quantitative estimate of drug-likeness (QED) is 0.631. The zero-order valence-corrected chi connectivity index (χ0v) is 9.74. The first kappa shape index (κ1) is 11.4. The summed E-state index contributed by atoms with van der Waals surface area (Å²) in [6, 6.07) is 0. The Morgan fingerprint density at radius 3 is 2.46 bits per heavy atom. The lowest BCUT2D eigenvalue weighted by molar-refractivity contribution is 0.0723. The molecule has 0 saturated heterocycles. The summed E-state index contributed by atoms with van der Waals surface area (Å²) >= 11 is 2.18. The van der Waals surface area contributed by atoms with Crippen molar-refractivity contribution in [1.29, 1.82) is 0 Å². The van der Waals surface area contributed by atoms with Crippen molar-refractivity contribution in [3.63, 3.8) is 0 Å². The molecule has 1 saturated carbocycles. The molecule has 13 heavy (non-hydrogen) atoms. The van der Waals surface area contributed by atoms with E-state index in [1.165, 1.54) is 44.3 Å². The molecule has 0 atom stereocenters. The number of rotatable bonds is 5. The van der Waals surface area contributed by atoms with Gasteiger partial charge >= 0.3 is 0 Å². The van der Waals surface area contributed by atoms with Crippen LogP contribution >= 0.6 is 11.8 Å². The lowest BCUT2D eigenvalue weighted by Crippen LogP contribution is -2.21. The Balaban J connectivity index is 2.03. The molecule has 0 radical (unpaired) electrons. The molecule has 1 nitrogen and oxygen atoms in total. The van der Waals surface area contributed by atoms with Crippen LogP contribution in [0.4, 0.5) is 0 Å². The van der Waals surface area contributed by atoms with Gasteiger partial charge < -0.3 is 4.74 Å². The summed E-state index contributed by atoms with van der Waals surface area (Å²) in [6.07, 6.45) is 8.57. The predicted molar refractivity (Wildman–Crippen MR) is 60.4 cm³/mol. The minimum Gasteiger partial charge on any atom is -0.381 e. The van der Waals surface area contributed by atoms with Crippen LogP contribution in [0.2, 0.25) is 0 Å². The van der Waals surface area contributed by atoms with Gasteiger partial charge in [-0.2, -0.15) is 11.8 Å². The van der Waals surface area contributed by atoms with E-state index >= 15 is 0 Å². The highest BCUT2D eigenvalue weighted by atomic mass is 32.2. The Labute approximate surface area is 86.6 Å². The molecule has 1 rings (SSSR count). The maximum atomic E-state index is 5.36. The van der Waals surface area contributed by atoms with Crippen LogP contribution in [0.25, 0.3) is 0 Å². The Kier molecular flexibility index (Phi) is 5.88. The van der Waals surface area contributed by atoms with Crippen molar-refractivity contribution in [2.75, 3.05) is 12.9 Å². The normalized spacial score (nSPS) is 29.1. The fourth-order valence-corrected chi connectivity index (χ4v) is 3.22.